The van der Waals surface area contributed by atoms with E-state index in [1.807, 2.05) is 30.3 Å². The summed E-state index contributed by atoms with van der Waals surface area (Å²) >= 11 is 0. The molecule has 0 radical (unpaired) electrons. The molecule has 13 heavy (non-hydrogen) atoms. The summed E-state index contributed by atoms with van der Waals surface area (Å²) in [5, 5.41) is 0. The summed E-state index contributed by atoms with van der Waals surface area (Å²) in [5.74, 6) is 0.991. The largest absolute Gasteiger partial charge is 0.489 e. The van der Waals surface area contributed by atoms with E-state index in [9.17, 15) is 0 Å². The molecule has 0 N–H and O–H groups in total. The molecule has 0 aliphatic carbocycles. The Balaban J connectivity index is 0. The van der Waals surface area contributed by atoms with Gasteiger partial charge in [0.1, 0.15) is 12.4 Å². The molecule has 1 aliphatic rings. The molecule has 0 saturated carbocycles. The van der Waals surface area contributed by atoms with E-state index in [1.165, 1.54) is 5.56 Å². The first kappa shape index (κ1) is 15.7. The van der Waals surface area contributed by atoms with Crippen molar-refractivity contribution in [3.05, 3.63) is 35.9 Å². The van der Waals surface area contributed by atoms with Crippen LogP contribution in [-0.4, -0.2) is 24.0 Å². The zero-order valence-corrected chi connectivity index (χ0v) is 8.19. The Bertz CT molecular complexity index is 276. The van der Waals surface area contributed by atoms with Crippen molar-refractivity contribution in [2.75, 3.05) is 6.61 Å². The van der Waals surface area contributed by atoms with Gasteiger partial charge in [0.2, 0.25) is 0 Å². The van der Waals surface area contributed by atoms with E-state index in [-0.39, 0.29) is 50.3 Å². The third-order valence-electron chi connectivity index (χ3n) is 1.55. The third kappa shape index (κ3) is 3.88. The van der Waals surface area contributed by atoms with Crippen LogP contribution in [0.25, 0.3) is 6.08 Å². The van der Waals surface area contributed by atoms with Crippen LogP contribution in [0.1, 0.15) is 5.56 Å². The Morgan fingerprint density at radius 2 is 1.77 bits per heavy atom. The van der Waals surface area contributed by atoms with E-state index < -0.39 is 0 Å². The summed E-state index contributed by atoms with van der Waals surface area (Å²) < 4.78 is 5.34. The number of benzene rings is 1. The van der Waals surface area contributed by atoms with Gasteiger partial charge in [-0.15, -0.1) is 0 Å². The Kier molecular flexibility index (Phi) is 9.28. The van der Waals surface area contributed by atoms with Crippen LogP contribution >= 0.6 is 0 Å². The van der Waals surface area contributed by atoms with E-state index in [0.717, 1.165) is 5.75 Å². The summed E-state index contributed by atoms with van der Waals surface area (Å²) in [6.45, 7) is 0.705. The molecule has 1 heterocycles. The van der Waals surface area contributed by atoms with Gasteiger partial charge in [-0.2, -0.15) is 0 Å². The van der Waals surface area contributed by atoms with Crippen LogP contribution in [-0.2, 0) is 33.0 Å². The van der Waals surface area contributed by atoms with Crippen LogP contribution in [0.3, 0.4) is 0 Å². The second-order valence-corrected chi connectivity index (χ2v) is 2.25. The molecule has 4 heteroatoms. The summed E-state index contributed by atoms with van der Waals surface area (Å²) in [5.41, 5.74) is 1.17. The van der Waals surface area contributed by atoms with Crippen molar-refractivity contribution < 1.29 is 37.7 Å². The average Bonchev–Trinajstić information content (AvgIpc) is 2.05. The molecule has 1 nitrogen and oxygen atoms in total. The molecule has 1 aromatic carbocycles. The van der Waals surface area contributed by atoms with Crippen LogP contribution in [0.2, 0.25) is 0 Å². The second-order valence-electron chi connectivity index (χ2n) is 2.25. The van der Waals surface area contributed by atoms with Crippen molar-refractivity contribution in [2.45, 2.75) is 0 Å². The quantitative estimate of drug-likeness (QED) is 0.641. The summed E-state index contributed by atoms with van der Waals surface area (Å²) in [7, 11) is 0. The van der Waals surface area contributed by atoms with Gasteiger partial charge in [-0.25, -0.2) is 0 Å². The van der Waals surface area contributed by atoms with Crippen LogP contribution < -0.4 is 4.74 Å². The van der Waals surface area contributed by atoms with Gasteiger partial charge in [0.25, 0.3) is 0 Å². The van der Waals surface area contributed by atoms with E-state index in [2.05, 4.69) is 6.08 Å². The van der Waals surface area contributed by atoms with Crippen molar-refractivity contribution in [1.82, 2.24) is 0 Å². The number of rotatable bonds is 0. The Hall–Kier alpha value is 0.279. The van der Waals surface area contributed by atoms with Crippen molar-refractivity contribution in [3.63, 3.8) is 0 Å². The molecular formula is C9H11AlNi2O. The van der Waals surface area contributed by atoms with Crippen molar-refractivity contribution in [2.24, 2.45) is 0 Å². The molecule has 0 spiro atoms. The molecule has 0 aromatic heterocycles. The zero-order chi connectivity index (χ0) is 6.81. The molecule has 0 amide bonds. The molecule has 0 fully saturated rings. The van der Waals surface area contributed by atoms with Gasteiger partial charge >= 0.3 is 0 Å². The number of hydrogen-bond donors (Lipinski definition) is 0. The third-order valence-corrected chi connectivity index (χ3v) is 1.55. The van der Waals surface area contributed by atoms with Gasteiger partial charge in [0, 0.05) is 38.5 Å². The fraction of sp³-hybridized carbons (Fsp3) is 0.111. The van der Waals surface area contributed by atoms with E-state index in [1.54, 1.807) is 0 Å². The number of para-hydroxylation sites is 1. The van der Waals surface area contributed by atoms with E-state index >= 15 is 0 Å². The van der Waals surface area contributed by atoms with Crippen molar-refractivity contribution >= 4 is 23.4 Å². The molecule has 0 bridgehead atoms. The molecular weight excluding hydrogens is 268 g/mol. The maximum atomic E-state index is 5.34. The van der Waals surface area contributed by atoms with Gasteiger partial charge < -0.3 is 4.74 Å². The summed E-state index contributed by atoms with van der Waals surface area (Å²) in [6.07, 6.45) is 4.10. The van der Waals surface area contributed by atoms with E-state index in [0.29, 0.717) is 6.61 Å². The first-order valence-electron chi connectivity index (χ1n) is 3.35. The zero-order valence-electron chi connectivity index (χ0n) is 6.21. The number of fused-ring (bicyclic) bond motifs is 1. The fourth-order valence-corrected chi connectivity index (χ4v) is 1.06. The topological polar surface area (TPSA) is 9.23 Å². The minimum absolute atomic E-state index is 0. The van der Waals surface area contributed by atoms with Crippen LogP contribution in [0, 0.1) is 0 Å². The molecule has 0 atom stereocenters. The smallest absolute Gasteiger partial charge is 0.187 e. The summed E-state index contributed by atoms with van der Waals surface area (Å²) in [4.78, 5) is 0. The Labute approximate surface area is 109 Å². The van der Waals surface area contributed by atoms with Crippen LogP contribution in [0.4, 0.5) is 0 Å². The molecule has 76 valence electrons. The monoisotopic (exact) mass is 278 g/mol. The van der Waals surface area contributed by atoms with Crippen LogP contribution in [0.15, 0.2) is 30.3 Å². The Morgan fingerprint density at radius 3 is 2.46 bits per heavy atom. The first-order chi connectivity index (χ1) is 4.97. The van der Waals surface area contributed by atoms with Gasteiger partial charge in [-0.3, -0.25) is 0 Å². The van der Waals surface area contributed by atoms with Gasteiger partial charge in [0.15, 0.2) is 17.4 Å². The normalized spacial score (nSPS) is 10.8. The van der Waals surface area contributed by atoms with E-state index in [4.69, 9.17) is 4.74 Å². The SMILES string of the molecule is C1=Cc2ccccc2OC1.[AlH3].[Ni].[Ni]. The van der Waals surface area contributed by atoms with Gasteiger partial charge in [-0.1, -0.05) is 24.3 Å². The maximum absolute atomic E-state index is 5.34. The molecule has 1 aromatic rings. The second kappa shape index (κ2) is 7.66. The number of ether oxygens (including phenoxy) is 1. The molecule has 0 saturated heterocycles. The van der Waals surface area contributed by atoms with Gasteiger partial charge in [-0.05, 0) is 12.1 Å². The van der Waals surface area contributed by atoms with Crippen LogP contribution in [0.5, 0.6) is 5.75 Å². The predicted molar refractivity (Wildman–Crippen MR) is 50.9 cm³/mol. The maximum Gasteiger partial charge on any atom is 0.187 e. The average molecular weight is 280 g/mol. The van der Waals surface area contributed by atoms with Crippen molar-refractivity contribution in [1.29, 1.82) is 0 Å². The predicted octanol–water partition coefficient (Wildman–Crippen LogP) is 0.903. The standard InChI is InChI=1S/C9H8O.Al.2Ni.3H/c1-2-6-9-8(4-1)5-3-7-10-9;;;;;;/h1-6H,7H2;;;;;;. The minimum Gasteiger partial charge on any atom is -0.489 e. The number of hydrogen-bond acceptors (Lipinski definition) is 1. The first-order valence-corrected chi connectivity index (χ1v) is 3.35. The minimum atomic E-state index is 0. The Morgan fingerprint density at radius 1 is 1.08 bits per heavy atom. The van der Waals surface area contributed by atoms with Gasteiger partial charge in [0.05, 0.1) is 0 Å². The molecule has 0 unspecified atom stereocenters. The molecule has 2 rings (SSSR count). The molecule has 1 aliphatic heterocycles. The summed E-state index contributed by atoms with van der Waals surface area (Å²) in [6, 6.07) is 8.03. The van der Waals surface area contributed by atoms with Crippen molar-refractivity contribution in [3.8, 4) is 5.75 Å². The fourth-order valence-electron chi connectivity index (χ4n) is 1.06.